The predicted molar refractivity (Wildman–Crippen MR) is 77.9 cm³/mol. The molecule has 2 N–H and O–H groups in total. The van der Waals surface area contributed by atoms with Gasteiger partial charge in [-0.1, -0.05) is 19.4 Å². The Bertz CT molecular complexity index is 367. The van der Waals surface area contributed by atoms with Gasteiger partial charge in [-0.2, -0.15) is 0 Å². The highest BCUT2D eigenvalue weighted by Gasteiger charge is 2.13. The SMILES string of the molecule is CCCC(C)NC(=O)C(C)NCCc1cccnc1. The maximum Gasteiger partial charge on any atom is 0.237 e. The summed E-state index contributed by atoms with van der Waals surface area (Å²) >= 11 is 0. The van der Waals surface area contributed by atoms with Crippen LogP contribution in [0.1, 0.15) is 39.2 Å². The monoisotopic (exact) mass is 263 g/mol. The quantitative estimate of drug-likeness (QED) is 0.753. The van der Waals surface area contributed by atoms with Crippen LogP contribution >= 0.6 is 0 Å². The van der Waals surface area contributed by atoms with Crippen molar-refractivity contribution >= 4 is 5.91 Å². The minimum absolute atomic E-state index is 0.0761. The molecule has 0 spiro atoms. The van der Waals surface area contributed by atoms with Crippen molar-refractivity contribution in [2.45, 2.75) is 52.1 Å². The smallest absolute Gasteiger partial charge is 0.237 e. The van der Waals surface area contributed by atoms with Crippen molar-refractivity contribution in [2.75, 3.05) is 6.54 Å². The molecule has 2 unspecified atom stereocenters. The van der Waals surface area contributed by atoms with Crippen molar-refractivity contribution in [1.29, 1.82) is 0 Å². The van der Waals surface area contributed by atoms with Crippen LogP contribution in [0.5, 0.6) is 0 Å². The first-order valence-corrected chi connectivity index (χ1v) is 7.06. The summed E-state index contributed by atoms with van der Waals surface area (Å²) < 4.78 is 0. The van der Waals surface area contributed by atoms with Gasteiger partial charge >= 0.3 is 0 Å². The van der Waals surface area contributed by atoms with Crippen LogP contribution in [-0.2, 0) is 11.2 Å². The Morgan fingerprint density at radius 2 is 2.21 bits per heavy atom. The summed E-state index contributed by atoms with van der Waals surface area (Å²) in [6.07, 6.45) is 6.62. The molecule has 1 amide bonds. The van der Waals surface area contributed by atoms with Gasteiger partial charge in [0.25, 0.3) is 0 Å². The lowest BCUT2D eigenvalue weighted by atomic mass is 10.1. The van der Waals surface area contributed by atoms with Gasteiger partial charge in [0.05, 0.1) is 6.04 Å². The average molecular weight is 263 g/mol. The summed E-state index contributed by atoms with van der Waals surface area (Å²) in [6.45, 7) is 6.85. The summed E-state index contributed by atoms with van der Waals surface area (Å²) in [7, 11) is 0. The van der Waals surface area contributed by atoms with Gasteiger partial charge in [0.2, 0.25) is 5.91 Å². The normalized spacial score (nSPS) is 13.8. The highest BCUT2D eigenvalue weighted by Crippen LogP contribution is 1.97. The minimum atomic E-state index is -0.157. The first kappa shape index (κ1) is 15.6. The summed E-state index contributed by atoms with van der Waals surface area (Å²) in [5.41, 5.74) is 1.18. The molecule has 0 aliphatic heterocycles. The summed E-state index contributed by atoms with van der Waals surface area (Å²) in [4.78, 5) is 16.0. The first-order valence-electron chi connectivity index (χ1n) is 7.06. The lowest BCUT2D eigenvalue weighted by molar-refractivity contribution is -0.123. The number of rotatable bonds is 8. The Kier molecular flexibility index (Phi) is 7.11. The van der Waals surface area contributed by atoms with E-state index in [0.717, 1.165) is 25.8 Å². The van der Waals surface area contributed by atoms with Crippen LogP contribution < -0.4 is 10.6 Å². The fraction of sp³-hybridized carbons (Fsp3) is 0.600. The third-order valence-electron chi connectivity index (χ3n) is 3.09. The van der Waals surface area contributed by atoms with Crippen LogP contribution in [0.25, 0.3) is 0 Å². The fourth-order valence-corrected chi connectivity index (χ4v) is 1.94. The molecule has 106 valence electrons. The van der Waals surface area contributed by atoms with E-state index in [2.05, 4.69) is 22.5 Å². The molecule has 2 atom stereocenters. The number of aromatic nitrogens is 1. The van der Waals surface area contributed by atoms with Gasteiger partial charge in [0.1, 0.15) is 0 Å². The lowest BCUT2D eigenvalue weighted by Crippen LogP contribution is -2.45. The van der Waals surface area contributed by atoms with E-state index in [0.29, 0.717) is 0 Å². The van der Waals surface area contributed by atoms with Crippen LogP contribution in [0.4, 0.5) is 0 Å². The zero-order chi connectivity index (χ0) is 14.1. The molecule has 0 saturated heterocycles. The van der Waals surface area contributed by atoms with E-state index in [4.69, 9.17) is 0 Å². The Morgan fingerprint density at radius 3 is 2.84 bits per heavy atom. The van der Waals surface area contributed by atoms with Crippen LogP contribution in [0.15, 0.2) is 24.5 Å². The third-order valence-corrected chi connectivity index (χ3v) is 3.09. The molecule has 4 heteroatoms. The van der Waals surface area contributed by atoms with Gasteiger partial charge in [0.15, 0.2) is 0 Å². The van der Waals surface area contributed by atoms with E-state index in [1.54, 1.807) is 6.20 Å². The fourth-order valence-electron chi connectivity index (χ4n) is 1.94. The van der Waals surface area contributed by atoms with Crippen LogP contribution in [0.3, 0.4) is 0 Å². The number of carbonyl (C=O) groups excluding carboxylic acids is 1. The summed E-state index contributed by atoms with van der Waals surface area (Å²) in [6, 6.07) is 4.07. The standard InChI is InChI=1S/C15H25N3O/c1-4-6-12(2)18-15(19)13(3)17-10-8-14-7-5-9-16-11-14/h5,7,9,11-13,17H,4,6,8,10H2,1-3H3,(H,18,19). The molecule has 0 aliphatic rings. The van der Waals surface area contributed by atoms with Crippen LogP contribution in [0, 0.1) is 0 Å². The van der Waals surface area contributed by atoms with Gasteiger partial charge in [-0.25, -0.2) is 0 Å². The van der Waals surface area contributed by atoms with Gasteiger partial charge < -0.3 is 10.6 Å². The zero-order valence-electron chi connectivity index (χ0n) is 12.1. The second kappa shape index (κ2) is 8.64. The molecule has 0 saturated carbocycles. The molecule has 1 aromatic rings. The number of carbonyl (C=O) groups is 1. The van der Waals surface area contributed by atoms with E-state index >= 15 is 0 Å². The maximum absolute atomic E-state index is 11.9. The molecule has 4 nitrogen and oxygen atoms in total. The largest absolute Gasteiger partial charge is 0.352 e. The van der Waals surface area contributed by atoms with E-state index in [9.17, 15) is 4.79 Å². The topological polar surface area (TPSA) is 54.0 Å². The van der Waals surface area contributed by atoms with Crippen molar-refractivity contribution in [3.63, 3.8) is 0 Å². The maximum atomic E-state index is 11.9. The highest BCUT2D eigenvalue weighted by atomic mass is 16.2. The van der Waals surface area contributed by atoms with Crippen molar-refractivity contribution in [3.8, 4) is 0 Å². The van der Waals surface area contributed by atoms with Gasteiger partial charge in [0, 0.05) is 18.4 Å². The highest BCUT2D eigenvalue weighted by molar-refractivity contribution is 5.81. The minimum Gasteiger partial charge on any atom is -0.352 e. The summed E-state index contributed by atoms with van der Waals surface area (Å²) in [5.74, 6) is 0.0761. The van der Waals surface area contributed by atoms with Crippen molar-refractivity contribution in [2.24, 2.45) is 0 Å². The predicted octanol–water partition coefficient (Wildman–Crippen LogP) is 1.91. The number of hydrogen-bond acceptors (Lipinski definition) is 3. The van der Waals surface area contributed by atoms with E-state index < -0.39 is 0 Å². The molecule has 1 rings (SSSR count). The Labute approximate surface area is 116 Å². The van der Waals surface area contributed by atoms with Crippen molar-refractivity contribution < 1.29 is 4.79 Å². The van der Waals surface area contributed by atoms with Gasteiger partial charge in [-0.15, -0.1) is 0 Å². The van der Waals surface area contributed by atoms with Crippen LogP contribution in [0.2, 0.25) is 0 Å². The second-order valence-electron chi connectivity index (χ2n) is 4.99. The van der Waals surface area contributed by atoms with E-state index in [1.807, 2.05) is 32.2 Å². The first-order chi connectivity index (χ1) is 9.13. The molecule has 0 aromatic carbocycles. The Balaban J connectivity index is 2.23. The molecule has 19 heavy (non-hydrogen) atoms. The molecular formula is C15H25N3O. The van der Waals surface area contributed by atoms with Gasteiger partial charge in [-0.3, -0.25) is 9.78 Å². The molecular weight excluding hydrogens is 238 g/mol. The number of hydrogen-bond donors (Lipinski definition) is 2. The zero-order valence-corrected chi connectivity index (χ0v) is 12.1. The number of amides is 1. The molecule has 1 heterocycles. The molecule has 0 aliphatic carbocycles. The van der Waals surface area contributed by atoms with Crippen molar-refractivity contribution in [1.82, 2.24) is 15.6 Å². The number of nitrogens with one attached hydrogen (secondary N) is 2. The number of nitrogens with zero attached hydrogens (tertiary/aromatic N) is 1. The van der Waals surface area contributed by atoms with Crippen LogP contribution in [-0.4, -0.2) is 29.5 Å². The van der Waals surface area contributed by atoms with E-state index in [1.165, 1.54) is 5.56 Å². The molecule has 0 radical (unpaired) electrons. The molecule has 0 fully saturated rings. The Hall–Kier alpha value is -1.42. The lowest BCUT2D eigenvalue weighted by Gasteiger charge is -2.18. The molecule has 1 aromatic heterocycles. The van der Waals surface area contributed by atoms with E-state index in [-0.39, 0.29) is 18.0 Å². The summed E-state index contributed by atoms with van der Waals surface area (Å²) in [5, 5.41) is 6.25. The van der Waals surface area contributed by atoms with Gasteiger partial charge in [-0.05, 0) is 44.9 Å². The average Bonchev–Trinajstić information content (AvgIpc) is 2.40. The van der Waals surface area contributed by atoms with Crippen molar-refractivity contribution in [3.05, 3.63) is 30.1 Å². The molecule has 0 bridgehead atoms. The second-order valence-corrected chi connectivity index (χ2v) is 4.99. The number of pyridine rings is 1. The third kappa shape index (κ3) is 6.34. The Morgan fingerprint density at radius 1 is 1.42 bits per heavy atom.